The van der Waals surface area contributed by atoms with Crippen LogP contribution in [0.5, 0.6) is 0 Å². The normalized spacial score (nSPS) is 11.5. The van der Waals surface area contributed by atoms with E-state index in [1.807, 2.05) is 45.0 Å². The number of carbonyl (C=O) groups is 1. The molecule has 0 aliphatic carbocycles. The third-order valence-electron chi connectivity index (χ3n) is 4.26. The quantitative estimate of drug-likeness (QED) is 0.667. The Bertz CT molecular complexity index is 904. The van der Waals surface area contributed by atoms with Crippen LogP contribution in [0, 0.1) is 13.8 Å². The molecule has 0 aliphatic rings. The second kappa shape index (κ2) is 7.34. The van der Waals surface area contributed by atoms with Crippen molar-refractivity contribution in [3.63, 3.8) is 0 Å². The first kappa shape index (κ1) is 18.8. The summed E-state index contributed by atoms with van der Waals surface area (Å²) in [5, 5.41) is 5.51. The number of benzene rings is 1. The van der Waals surface area contributed by atoms with Gasteiger partial charge in [-0.2, -0.15) is 5.10 Å². The average molecular weight is 392 g/mol. The average Bonchev–Trinajstić information content (AvgIpc) is 3.16. The molecular formula is C18H22ClN5OS. The molecule has 3 rings (SSSR count). The molecule has 2 aromatic heterocycles. The third-order valence-corrected chi connectivity index (χ3v) is 5.80. The van der Waals surface area contributed by atoms with Gasteiger partial charge in [-0.1, -0.05) is 29.0 Å². The summed E-state index contributed by atoms with van der Waals surface area (Å²) in [6.45, 7) is 5.15. The summed E-state index contributed by atoms with van der Waals surface area (Å²) in [7, 11) is 5.75. The summed E-state index contributed by atoms with van der Waals surface area (Å²) in [6.07, 6.45) is 1.71. The molecule has 0 fully saturated rings. The third kappa shape index (κ3) is 3.47. The van der Waals surface area contributed by atoms with E-state index in [4.69, 9.17) is 16.6 Å². The number of halogens is 1. The van der Waals surface area contributed by atoms with Crippen molar-refractivity contribution in [3.05, 3.63) is 40.2 Å². The standard InChI is InChI=1S/C18H22ClN5OS/c1-11-6-7-13(19)16-14(11)21-18(26-16)24(9-8-22(3)4)17(25)15-12(2)10-20-23(15)5/h6-7,10H,8-9H2,1-5H3. The van der Waals surface area contributed by atoms with Crippen LogP contribution < -0.4 is 4.90 Å². The second-order valence-electron chi connectivity index (χ2n) is 6.60. The summed E-state index contributed by atoms with van der Waals surface area (Å²) in [5.74, 6) is -0.0998. The van der Waals surface area contributed by atoms with E-state index in [1.54, 1.807) is 22.8 Å². The molecule has 0 saturated carbocycles. The van der Waals surface area contributed by atoms with Gasteiger partial charge in [0.2, 0.25) is 0 Å². The van der Waals surface area contributed by atoms with Crippen molar-refractivity contribution in [1.29, 1.82) is 0 Å². The van der Waals surface area contributed by atoms with Gasteiger partial charge in [0.1, 0.15) is 5.69 Å². The minimum absolute atomic E-state index is 0.0998. The number of thiazole rings is 1. The van der Waals surface area contributed by atoms with Crippen LogP contribution in [0.15, 0.2) is 18.3 Å². The highest BCUT2D eigenvalue weighted by Crippen LogP contribution is 2.36. The Hall–Kier alpha value is -1.96. The van der Waals surface area contributed by atoms with Gasteiger partial charge in [-0.15, -0.1) is 0 Å². The molecule has 2 heterocycles. The van der Waals surface area contributed by atoms with Crippen molar-refractivity contribution in [2.45, 2.75) is 13.8 Å². The fourth-order valence-corrected chi connectivity index (χ4v) is 4.11. The lowest BCUT2D eigenvalue weighted by Crippen LogP contribution is -2.38. The first-order chi connectivity index (χ1) is 12.3. The summed E-state index contributed by atoms with van der Waals surface area (Å²) in [5.41, 5.74) is 3.32. The molecule has 0 atom stereocenters. The smallest absolute Gasteiger partial charge is 0.278 e. The molecule has 1 aromatic carbocycles. The summed E-state index contributed by atoms with van der Waals surface area (Å²) in [4.78, 5) is 21.8. The number of hydrogen-bond acceptors (Lipinski definition) is 5. The van der Waals surface area contributed by atoms with Crippen molar-refractivity contribution in [2.24, 2.45) is 7.05 Å². The van der Waals surface area contributed by atoms with Gasteiger partial charge in [0.05, 0.1) is 21.4 Å². The molecule has 138 valence electrons. The first-order valence-electron chi connectivity index (χ1n) is 8.30. The molecule has 1 amide bonds. The number of aryl methyl sites for hydroxylation is 3. The van der Waals surface area contributed by atoms with Gasteiger partial charge < -0.3 is 4.90 Å². The zero-order chi connectivity index (χ0) is 19.0. The lowest BCUT2D eigenvalue weighted by Gasteiger charge is -2.22. The lowest BCUT2D eigenvalue weighted by molar-refractivity contribution is 0.0975. The number of amides is 1. The molecule has 0 N–H and O–H groups in total. The highest BCUT2D eigenvalue weighted by atomic mass is 35.5. The van der Waals surface area contributed by atoms with Crippen molar-refractivity contribution in [3.8, 4) is 0 Å². The Balaban J connectivity index is 2.08. The largest absolute Gasteiger partial charge is 0.308 e. The van der Waals surface area contributed by atoms with E-state index in [0.717, 1.165) is 27.9 Å². The van der Waals surface area contributed by atoms with Crippen LogP contribution in [0.4, 0.5) is 5.13 Å². The Labute approximate surface area is 162 Å². The van der Waals surface area contributed by atoms with Crippen LogP contribution in [0.1, 0.15) is 21.6 Å². The molecule has 0 radical (unpaired) electrons. The summed E-state index contributed by atoms with van der Waals surface area (Å²) >= 11 is 7.80. The highest BCUT2D eigenvalue weighted by Gasteiger charge is 2.26. The zero-order valence-electron chi connectivity index (χ0n) is 15.6. The van der Waals surface area contributed by atoms with Gasteiger partial charge in [0.25, 0.3) is 5.91 Å². The van der Waals surface area contributed by atoms with E-state index in [1.165, 1.54) is 11.3 Å². The van der Waals surface area contributed by atoms with Crippen LogP contribution in [0.2, 0.25) is 5.02 Å². The van der Waals surface area contributed by atoms with Gasteiger partial charge in [-0.05, 0) is 45.1 Å². The fraction of sp³-hybridized carbons (Fsp3) is 0.389. The maximum atomic E-state index is 13.3. The maximum Gasteiger partial charge on any atom is 0.278 e. The van der Waals surface area contributed by atoms with Gasteiger partial charge in [-0.3, -0.25) is 14.4 Å². The van der Waals surface area contributed by atoms with Crippen LogP contribution in [0.25, 0.3) is 10.2 Å². The molecule has 0 bridgehead atoms. The minimum Gasteiger partial charge on any atom is -0.308 e. The second-order valence-corrected chi connectivity index (χ2v) is 7.98. The molecule has 6 nitrogen and oxygen atoms in total. The monoisotopic (exact) mass is 391 g/mol. The van der Waals surface area contributed by atoms with Crippen LogP contribution in [-0.2, 0) is 7.05 Å². The van der Waals surface area contributed by atoms with Gasteiger partial charge in [-0.25, -0.2) is 4.98 Å². The summed E-state index contributed by atoms with van der Waals surface area (Å²) < 4.78 is 2.53. The van der Waals surface area contributed by atoms with Gasteiger partial charge in [0.15, 0.2) is 5.13 Å². The number of carbonyl (C=O) groups excluding carboxylic acids is 1. The van der Waals surface area contributed by atoms with E-state index in [0.29, 0.717) is 22.4 Å². The minimum atomic E-state index is -0.0998. The maximum absolute atomic E-state index is 13.3. The number of rotatable bonds is 5. The van der Waals surface area contributed by atoms with Crippen LogP contribution in [-0.4, -0.2) is 52.8 Å². The van der Waals surface area contributed by atoms with E-state index in [2.05, 4.69) is 5.10 Å². The molecular weight excluding hydrogens is 370 g/mol. The van der Waals surface area contributed by atoms with Crippen LogP contribution >= 0.6 is 22.9 Å². The van der Waals surface area contributed by atoms with E-state index >= 15 is 0 Å². The van der Waals surface area contributed by atoms with Gasteiger partial charge >= 0.3 is 0 Å². The van der Waals surface area contributed by atoms with E-state index in [9.17, 15) is 4.79 Å². The number of hydrogen-bond donors (Lipinski definition) is 0. The van der Waals surface area contributed by atoms with E-state index < -0.39 is 0 Å². The van der Waals surface area contributed by atoms with Crippen molar-refractivity contribution in [1.82, 2.24) is 19.7 Å². The number of aromatic nitrogens is 3. The fourth-order valence-electron chi connectivity index (χ4n) is 2.77. The molecule has 8 heteroatoms. The Kier molecular flexibility index (Phi) is 5.32. The number of likely N-dealkylation sites (N-methyl/N-ethyl adjacent to an activating group) is 1. The number of fused-ring (bicyclic) bond motifs is 1. The first-order valence-corrected chi connectivity index (χ1v) is 9.50. The summed E-state index contributed by atoms with van der Waals surface area (Å²) in [6, 6.07) is 3.82. The Morgan fingerprint density at radius 2 is 1.96 bits per heavy atom. The highest BCUT2D eigenvalue weighted by molar-refractivity contribution is 7.23. The predicted octanol–water partition coefficient (Wildman–Crippen LogP) is 3.51. The van der Waals surface area contributed by atoms with Crippen molar-refractivity contribution in [2.75, 3.05) is 32.1 Å². The van der Waals surface area contributed by atoms with Crippen LogP contribution in [0.3, 0.4) is 0 Å². The Morgan fingerprint density at radius 3 is 2.54 bits per heavy atom. The zero-order valence-corrected chi connectivity index (χ0v) is 17.1. The van der Waals surface area contributed by atoms with E-state index in [-0.39, 0.29) is 5.91 Å². The molecule has 3 aromatic rings. The number of anilines is 1. The predicted molar refractivity (Wildman–Crippen MR) is 108 cm³/mol. The van der Waals surface area contributed by atoms with Gasteiger partial charge in [0, 0.05) is 20.1 Å². The molecule has 26 heavy (non-hydrogen) atoms. The topological polar surface area (TPSA) is 54.3 Å². The lowest BCUT2D eigenvalue weighted by atomic mass is 10.2. The number of nitrogens with zero attached hydrogens (tertiary/aromatic N) is 5. The molecule has 0 saturated heterocycles. The van der Waals surface area contributed by atoms with Crippen molar-refractivity contribution < 1.29 is 4.79 Å². The Morgan fingerprint density at radius 1 is 1.23 bits per heavy atom. The molecule has 0 aliphatic heterocycles. The SMILES string of the molecule is Cc1cnn(C)c1C(=O)N(CCN(C)C)c1nc2c(C)ccc(Cl)c2s1. The molecule has 0 spiro atoms. The molecule has 0 unspecified atom stereocenters. The van der Waals surface area contributed by atoms with Crippen molar-refractivity contribution >= 4 is 44.2 Å².